The Morgan fingerprint density at radius 3 is 2.37 bits per heavy atom. The monoisotopic (exact) mass is 264 g/mol. The maximum atomic E-state index is 11.4. The highest BCUT2D eigenvalue weighted by molar-refractivity contribution is 5.78. The number of carbonyl (C=O) groups is 1. The summed E-state index contributed by atoms with van der Waals surface area (Å²) in [4.78, 5) is 11.4. The minimum absolute atomic E-state index is 0.000979. The van der Waals surface area contributed by atoms with Crippen LogP contribution < -0.4 is 15.8 Å². The van der Waals surface area contributed by atoms with Gasteiger partial charge in [-0.1, -0.05) is 26.0 Å². The number of hydrogen-bond donors (Lipinski definition) is 2. The summed E-state index contributed by atoms with van der Waals surface area (Å²) in [6.07, 6.45) is 0. The molecule has 0 bridgehead atoms. The lowest BCUT2D eigenvalue weighted by Crippen LogP contribution is -2.43. The minimum atomic E-state index is -0.437. The molecule has 0 aromatic heterocycles. The van der Waals surface area contributed by atoms with E-state index < -0.39 is 5.54 Å². The van der Waals surface area contributed by atoms with Gasteiger partial charge in [-0.05, 0) is 37.5 Å². The number of amides is 1. The molecule has 106 valence electrons. The second-order valence-corrected chi connectivity index (χ2v) is 5.61. The first-order valence-electron chi connectivity index (χ1n) is 6.59. The van der Waals surface area contributed by atoms with Crippen molar-refractivity contribution in [2.75, 3.05) is 13.2 Å². The molecule has 0 aliphatic carbocycles. The van der Waals surface area contributed by atoms with Crippen LogP contribution in [0.25, 0.3) is 0 Å². The van der Waals surface area contributed by atoms with Crippen LogP contribution in [0, 0.1) is 5.92 Å². The van der Waals surface area contributed by atoms with Crippen molar-refractivity contribution < 1.29 is 9.53 Å². The van der Waals surface area contributed by atoms with Crippen molar-refractivity contribution in [3.05, 3.63) is 29.8 Å². The molecule has 1 rings (SSSR count). The third-order valence-corrected chi connectivity index (χ3v) is 2.80. The number of benzene rings is 1. The maximum absolute atomic E-state index is 11.4. The van der Waals surface area contributed by atoms with Gasteiger partial charge >= 0.3 is 0 Å². The fraction of sp³-hybridized carbons (Fsp3) is 0.533. The lowest BCUT2D eigenvalue weighted by atomic mass is 9.94. The van der Waals surface area contributed by atoms with Crippen molar-refractivity contribution in [1.82, 2.24) is 5.32 Å². The quantitative estimate of drug-likeness (QED) is 0.826. The molecule has 0 spiro atoms. The minimum Gasteiger partial charge on any atom is -0.493 e. The average Bonchev–Trinajstić information content (AvgIpc) is 2.36. The lowest BCUT2D eigenvalue weighted by molar-refractivity contribution is -0.121. The van der Waals surface area contributed by atoms with Gasteiger partial charge in [0.1, 0.15) is 5.75 Å². The molecule has 1 aromatic rings. The van der Waals surface area contributed by atoms with Crippen molar-refractivity contribution in [3.63, 3.8) is 0 Å². The van der Waals surface area contributed by atoms with E-state index in [1.165, 1.54) is 0 Å². The summed E-state index contributed by atoms with van der Waals surface area (Å²) in [5.74, 6) is 1.18. The first-order chi connectivity index (χ1) is 8.85. The number of ether oxygens (including phenoxy) is 1. The van der Waals surface area contributed by atoms with E-state index in [1.807, 2.05) is 38.1 Å². The Kier molecular flexibility index (Phi) is 5.36. The molecule has 0 heterocycles. The smallest absolute Gasteiger partial charge is 0.234 e. The summed E-state index contributed by atoms with van der Waals surface area (Å²) in [5.41, 5.74) is 5.90. The van der Waals surface area contributed by atoms with Gasteiger partial charge in [-0.2, -0.15) is 0 Å². The van der Waals surface area contributed by atoms with Crippen molar-refractivity contribution >= 4 is 5.91 Å². The van der Waals surface area contributed by atoms with E-state index in [9.17, 15) is 4.79 Å². The third-order valence-electron chi connectivity index (χ3n) is 2.80. The van der Waals surface area contributed by atoms with Gasteiger partial charge in [0.15, 0.2) is 0 Å². The third kappa shape index (κ3) is 4.91. The SMILES string of the molecule is CC(C)COc1ccc(C(C)(C)NC(=O)CN)cc1. The molecule has 4 nitrogen and oxygen atoms in total. The number of nitrogens with one attached hydrogen (secondary N) is 1. The van der Waals surface area contributed by atoms with E-state index in [4.69, 9.17) is 10.5 Å². The van der Waals surface area contributed by atoms with Crippen molar-refractivity contribution in [1.29, 1.82) is 0 Å². The first kappa shape index (κ1) is 15.5. The van der Waals surface area contributed by atoms with Gasteiger partial charge in [0, 0.05) is 0 Å². The molecule has 4 heteroatoms. The second kappa shape index (κ2) is 6.57. The van der Waals surface area contributed by atoms with Gasteiger partial charge in [0.2, 0.25) is 5.91 Å². The highest BCUT2D eigenvalue weighted by Crippen LogP contribution is 2.22. The Morgan fingerprint density at radius 1 is 1.32 bits per heavy atom. The molecule has 19 heavy (non-hydrogen) atoms. The topological polar surface area (TPSA) is 64.3 Å². The summed E-state index contributed by atoms with van der Waals surface area (Å²) in [6, 6.07) is 7.78. The Balaban J connectivity index is 2.71. The zero-order valence-corrected chi connectivity index (χ0v) is 12.2. The highest BCUT2D eigenvalue weighted by atomic mass is 16.5. The molecule has 1 amide bonds. The molecule has 0 aliphatic heterocycles. The Hall–Kier alpha value is -1.55. The fourth-order valence-electron chi connectivity index (χ4n) is 1.70. The summed E-state index contributed by atoms with van der Waals surface area (Å²) in [6.45, 7) is 8.82. The molecule has 0 unspecified atom stereocenters. The average molecular weight is 264 g/mol. The first-order valence-corrected chi connectivity index (χ1v) is 6.59. The van der Waals surface area contributed by atoms with Crippen LogP contribution in [0.4, 0.5) is 0 Å². The van der Waals surface area contributed by atoms with Gasteiger partial charge in [-0.15, -0.1) is 0 Å². The van der Waals surface area contributed by atoms with Crippen molar-refractivity contribution in [2.24, 2.45) is 11.7 Å². The van der Waals surface area contributed by atoms with Gasteiger partial charge < -0.3 is 15.8 Å². The number of carbonyl (C=O) groups excluding carboxylic acids is 1. The summed E-state index contributed by atoms with van der Waals surface area (Å²) in [5, 5.41) is 2.89. The molecule has 3 N–H and O–H groups in total. The summed E-state index contributed by atoms with van der Waals surface area (Å²) < 4.78 is 5.63. The van der Waals surface area contributed by atoms with Crippen LogP contribution in [-0.4, -0.2) is 19.1 Å². The van der Waals surface area contributed by atoms with Gasteiger partial charge in [0.05, 0.1) is 18.7 Å². The largest absolute Gasteiger partial charge is 0.493 e. The van der Waals surface area contributed by atoms with Crippen LogP contribution in [0.2, 0.25) is 0 Å². The summed E-state index contributed by atoms with van der Waals surface area (Å²) >= 11 is 0. The zero-order valence-electron chi connectivity index (χ0n) is 12.2. The van der Waals surface area contributed by atoms with E-state index >= 15 is 0 Å². The molecule has 0 aliphatic rings. The second-order valence-electron chi connectivity index (χ2n) is 5.61. The van der Waals surface area contributed by atoms with Gasteiger partial charge in [-0.3, -0.25) is 4.79 Å². The molecule has 0 atom stereocenters. The number of rotatable bonds is 6. The predicted molar refractivity (Wildman–Crippen MR) is 77.0 cm³/mol. The molecule has 0 saturated heterocycles. The summed E-state index contributed by atoms with van der Waals surface area (Å²) in [7, 11) is 0. The van der Waals surface area contributed by atoms with E-state index in [1.54, 1.807) is 0 Å². The lowest BCUT2D eigenvalue weighted by Gasteiger charge is -2.27. The van der Waals surface area contributed by atoms with Crippen LogP contribution in [-0.2, 0) is 10.3 Å². The molecule has 0 fully saturated rings. The van der Waals surface area contributed by atoms with Crippen LogP contribution in [0.3, 0.4) is 0 Å². The molecular formula is C15H24N2O2. The van der Waals surface area contributed by atoms with E-state index in [-0.39, 0.29) is 12.5 Å². The zero-order chi connectivity index (χ0) is 14.5. The van der Waals surface area contributed by atoms with Gasteiger partial charge in [-0.25, -0.2) is 0 Å². The fourth-order valence-corrected chi connectivity index (χ4v) is 1.70. The van der Waals surface area contributed by atoms with E-state index in [0.717, 1.165) is 11.3 Å². The Morgan fingerprint density at radius 2 is 1.89 bits per heavy atom. The van der Waals surface area contributed by atoms with Gasteiger partial charge in [0.25, 0.3) is 0 Å². The van der Waals surface area contributed by atoms with Crippen LogP contribution >= 0.6 is 0 Å². The number of hydrogen-bond acceptors (Lipinski definition) is 3. The number of nitrogens with two attached hydrogens (primary N) is 1. The molecule has 1 aromatic carbocycles. The highest BCUT2D eigenvalue weighted by Gasteiger charge is 2.22. The van der Waals surface area contributed by atoms with E-state index in [2.05, 4.69) is 19.2 Å². The van der Waals surface area contributed by atoms with E-state index in [0.29, 0.717) is 12.5 Å². The van der Waals surface area contributed by atoms with Crippen LogP contribution in [0.1, 0.15) is 33.3 Å². The van der Waals surface area contributed by atoms with Crippen LogP contribution in [0.15, 0.2) is 24.3 Å². The molecule has 0 radical (unpaired) electrons. The maximum Gasteiger partial charge on any atom is 0.234 e. The normalized spacial score (nSPS) is 11.5. The van der Waals surface area contributed by atoms with Crippen molar-refractivity contribution in [2.45, 2.75) is 33.2 Å². The Bertz CT molecular complexity index is 411. The predicted octanol–water partition coefficient (Wildman–Crippen LogP) is 2.03. The van der Waals surface area contributed by atoms with Crippen molar-refractivity contribution in [3.8, 4) is 5.75 Å². The standard InChI is InChI=1S/C15H24N2O2/c1-11(2)10-19-13-7-5-12(6-8-13)15(3,4)17-14(18)9-16/h5-8,11H,9-10,16H2,1-4H3,(H,17,18). The molecule has 0 saturated carbocycles. The Labute approximate surface area is 115 Å². The van der Waals surface area contributed by atoms with Crippen LogP contribution in [0.5, 0.6) is 5.75 Å². The molecular weight excluding hydrogens is 240 g/mol.